The first-order valence-corrected chi connectivity index (χ1v) is 14.1. The molecule has 0 aromatic carbocycles. The zero-order valence-corrected chi connectivity index (χ0v) is 14.1. The summed E-state index contributed by atoms with van der Waals surface area (Å²) in [5.74, 6) is 0. The molecule has 0 radical (unpaired) electrons. The van der Waals surface area contributed by atoms with Crippen molar-refractivity contribution in [3.05, 3.63) is 0 Å². The van der Waals surface area contributed by atoms with Crippen molar-refractivity contribution >= 4 is 25.4 Å². The van der Waals surface area contributed by atoms with E-state index in [0.717, 1.165) is 0 Å². The summed E-state index contributed by atoms with van der Waals surface area (Å²) < 4.78 is 22.1. The molecule has 0 N–H and O–H groups in total. The van der Waals surface area contributed by atoms with Crippen molar-refractivity contribution in [1.29, 1.82) is 0 Å². The SMILES string of the molecule is CO[Si](C)(OO[Si](C)(C)C)O[Si](C)(C)C. The first-order valence-electron chi connectivity index (χ1n) is 5.10. The van der Waals surface area contributed by atoms with Crippen LogP contribution in [0.4, 0.5) is 0 Å². The molecule has 0 heterocycles. The highest BCUT2D eigenvalue weighted by molar-refractivity contribution is 6.79. The average molecular weight is 269 g/mol. The third kappa shape index (κ3) is 8.31. The molecule has 0 aromatic heterocycles. The van der Waals surface area contributed by atoms with Crippen molar-refractivity contribution in [3.63, 3.8) is 0 Å². The molecule has 0 fully saturated rings. The van der Waals surface area contributed by atoms with Gasteiger partial charge in [-0.25, -0.2) is 4.58 Å². The van der Waals surface area contributed by atoms with E-state index >= 15 is 0 Å². The molecular weight excluding hydrogens is 244 g/mol. The largest absolute Gasteiger partial charge is 0.514 e. The topological polar surface area (TPSA) is 36.9 Å². The minimum absolute atomic E-state index is 1.61. The lowest BCUT2D eigenvalue weighted by molar-refractivity contribution is -0.161. The Morgan fingerprint density at radius 1 is 0.667 bits per heavy atom. The Hall–Kier alpha value is 0.491. The summed E-state index contributed by atoms with van der Waals surface area (Å²) in [4.78, 5) is 0. The van der Waals surface area contributed by atoms with Crippen molar-refractivity contribution in [1.82, 2.24) is 0 Å². The smallest absolute Gasteiger partial charge is 0.415 e. The van der Waals surface area contributed by atoms with E-state index in [2.05, 4.69) is 39.3 Å². The van der Waals surface area contributed by atoms with E-state index in [0.29, 0.717) is 0 Å². The van der Waals surface area contributed by atoms with Gasteiger partial charge < -0.3 is 8.54 Å². The third-order valence-corrected chi connectivity index (χ3v) is 7.12. The normalized spacial score (nSPS) is 17.6. The third-order valence-electron chi connectivity index (χ3n) is 1.31. The van der Waals surface area contributed by atoms with E-state index in [1.807, 2.05) is 6.55 Å². The molecule has 7 heteroatoms. The zero-order chi connectivity index (χ0) is 12.3. The zero-order valence-electron chi connectivity index (χ0n) is 11.1. The molecular formula is C8H24O4Si3. The summed E-state index contributed by atoms with van der Waals surface area (Å²) in [6.45, 7) is 14.4. The Kier molecular flexibility index (Phi) is 5.38. The minimum Gasteiger partial charge on any atom is -0.415 e. The second kappa shape index (κ2) is 5.21. The highest BCUT2D eigenvalue weighted by atomic mass is 28.5. The summed E-state index contributed by atoms with van der Waals surface area (Å²) >= 11 is 0. The fraction of sp³-hybridized carbons (Fsp3) is 1.00. The van der Waals surface area contributed by atoms with Gasteiger partial charge in [-0.05, 0) is 39.3 Å². The van der Waals surface area contributed by atoms with Crippen LogP contribution in [-0.4, -0.2) is 32.5 Å². The summed E-state index contributed by atoms with van der Waals surface area (Å²) in [7, 11) is -4.34. The molecule has 0 aliphatic carbocycles. The van der Waals surface area contributed by atoms with Crippen molar-refractivity contribution in [2.45, 2.75) is 45.8 Å². The Morgan fingerprint density at radius 3 is 1.40 bits per heavy atom. The first kappa shape index (κ1) is 15.5. The van der Waals surface area contributed by atoms with Gasteiger partial charge in [-0.15, -0.1) is 0 Å². The van der Waals surface area contributed by atoms with Gasteiger partial charge in [0, 0.05) is 13.7 Å². The van der Waals surface area contributed by atoms with Crippen LogP contribution in [-0.2, 0) is 17.7 Å². The maximum atomic E-state index is 5.90. The predicted molar refractivity (Wildman–Crippen MR) is 68.6 cm³/mol. The van der Waals surface area contributed by atoms with E-state index in [1.54, 1.807) is 7.11 Å². The Morgan fingerprint density at radius 2 is 1.13 bits per heavy atom. The summed E-state index contributed by atoms with van der Waals surface area (Å²) in [6.07, 6.45) is 0. The van der Waals surface area contributed by atoms with Gasteiger partial charge in [0.1, 0.15) is 0 Å². The lowest BCUT2D eigenvalue weighted by atomic mass is 11.8. The van der Waals surface area contributed by atoms with Gasteiger partial charge >= 0.3 is 8.80 Å². The Bertz CT molecular complexity index is 199. The van der Waals surface area contributed by atoms with Crippen LogP contribution in [0, 0.1) is 0 Å². The van der Waals surface area contributed by atoms with Crippen molar-refractivity contribution in [2.75, 3.05) is 7.11 Å². The molecule has 0 bridgehead atoms. The van der Waals surface area contributed by atoms with Gasteiger partial charge in [0.25, 0.3) is 0 Å². The molecule has 0 aliphatic heterocycles. The van der Waals surface area contributed by atoms with Gasteiger partial charge in [-0.2, -0.15) is 0 Å². The highest BCUT2D eigenvalue weighted by Gasteiger charge is 2.41. The minimum atomic E-state index is -2.59. The molecule has 4 nitrogen and oxygen atoms in total. The molecule has 0 saturated heterocycles. The van der Waals surface area contributed by atoms with Crippen LogP contribution in [0.25, 0.3) is 0 Å². The molecule has 0 rings (SSSR count). The molecule has 0 spiro atoms. The molecule has 15 heavy (non-hydrogen) atoms. The van der Waals surface area contributed by atoms with Gasteiger partial charge in [0.05, 0.1) is 0 Å². The Labute approximate surface area is 96.4 Å². The van der Waals surface area contributed by atoms with Gasteiger partial charge in [-0.3, -0.25) is 4.58 Å². The molecule has 1 atom stereocenters. The Balaban J connectivity index is 4.32. The van der Waals surface area contributed by atoms with Crippen LogP contribution in [0.15, 0.2) is 0 Å². The van der Waals surface area contributed by atoms with E-state index in [4.69, 9.17) is 17.7 Å². The summed E-state index contributed by atoms with van der Waals surface area (Å²) in [5, 5.41) is 0. The average Bonchev–Trinajstić information content (AvgIpc) is 1.97. The molecule has 0 aromatic rings. The molecule has 1 unspecified atom stereocenters. The van der Waals surface area contributed by atoms with E-state index < -0.39 is 25.4 Å². The fourth-order valence-electron chi connectivity index (χ4n) is 0.850. The fourth-order valence-corrected chi connectivity index (χ4v) is 7.44. The van der Waals surface area contributed by atoms with Crippen LogP contribution in [0.2, 0.25) is 45.8 Å². The standard InChI is InChI=1S/C8H24O4Si3/c1-9-15(8,12-14(5,6)7)11-10-13(2,3)4/h1-8H3. The highest BCUT2D eigenvalue weighted by Crippen LogP contribution is 2.18. The predicted octanol–water partition coefficient (Wildman–Crippen LogP) is 2.84. The monoisotopic (exact) mass is 268 g/mol. The summed E-state index contributed by atoms with van der Waals surface area (Å²) in [6, 6.07) is 0. The quantitative estimate of drug-likeness (QED) is 0.422. The van der Waals surface area contributed by atoms with Crippen LogP contribution in [0.1, 0.15) is 0 Å². The van der Waals surface area contributed by atoms with Crippen LogP contribution < -0.4 is 0 Å². The number of hydrogen-bond acceptors (Lipinski definition) is 4. The lowest BCUT2D eigenvalue weighted by Gasteiger charge is -2.32. The van der Waals surface area contributed by atoms with Crippen LogP contribution >= 0.6 is 0 Å². The van der Waals surface area contributed by atoms with E-state index in [1.165, 1.54) is 0 Å². The van der Waals surface area contributed by atoms with Gasteiger partial charge in [-0.1, -0.05) is 0 Å². The molecule has 0 saturated carbocycles. The van der Waals surface area contributed by atoms with Crippen molar-refractivity contribution in [2.24, 2.45) is 0 Å². The molecule has 0 amide bonds. The molecule has 0 aliphatic rings. The van der Waals surface area contributed by atoms with Gasteiger partial charge in [0.2, 0.25) is 8.32 Å². The second-order valence-electron chi connectivity index (χ2n) is 5.56. The summed E-state index contributed by atoms with van der Waals surface area (Å²) in [5.41, 5.74) is 0. The van der Waals surface area contributed by atoms with Crippen LogP contribution in [0.3, 0.4) is 0 Å². The number of hydrogen-bond donors (Lipinski definition) is 0. The lowest BCUT2D eigenvalue weighted by Crippen LogP contribution is -2.50. The van der Waals surface area contributed by atoms with E-state index in [-0.39, 0.29) is 0 Å². The maximum absolute atomic E-state index is 5.90. The maximum Gasteiger partial charge on any atom is 0.514 e. The van der Waals surface area contributed by atoms with Crippen molar-refractivity contribution in [3.8, 4) is 0 Å². The van der Waals surface area contributed by atoms with E-state index in [9.17, 15) is 0 Å². The first-order chi connectivity index (χ1) is 6.47. The number of rotatable bonds is 6. The molecule has 92 valence electrons. The second-order valence-corrected chi connectivity index (χ2v) is 17.3. The van der Waals surface area contributed by atoms with Crippen LogP contribution in [0.5, 0.6) is 0 Å². The van der Waals surface area contributed by atoms with Crippen molar-refractivity contribution < 1.29 is 17.7 Å². The van der Waals surface area contributed by atoms with Gasteiger partial charge in [0.15, 0.2) is 8.32 Å².